The van der Waals surface area contributed by atoms with Crippen molar-refractivity contribution in [2.45, 2.75) is 53.5 Å². The number of hydrogen-bond donors (Lipinski definition) is 2. The number of carbonyl (C=O) groups excluding carboxylic acids is 1. The topological polar surface area (TPSA) is 72.9 Å². The van der Waals surface area contributed by atoms with Crippen LogP contribution in [-0.4, -0.2) is 22.2 Å². The summed E-state index contributed by atoms with van der Waals surface area (Å²) in [6.45, 7) is 10.7. The van der Waals surface area contributed by atoms with Crippen molar-refractivity contribution in [1.82, 2.24) is 9.78 Å². The van der Waals surface area contributed by atoms with Gasteiger partial charge in [-0.05, 0) is 46.6 Å². The highest BCUT2D eigenvalue weighted by Gasteiger charge is 2.15. The SMILES string of the molecule is Cc1nn(C(C)C)c(C)c1NC(=O)CCC(C)CN. The Bertz CT molecular complexity index is 437. The zero-order valence-electron chi connectivity index (χ0n) is 12.7. The summed E-state index contributed by atoms with van der Waals surface area (Å²) in [6, 6.07) is 0.293. The molecule has 5 heteroatoms. The van der Waals surface area contributed by atoms with Crippen LogP contribution < -0.4 is 11.1 Å². The highest BCUT2D eigenvalue weighted by atomic mass is 16.1. The van der Waals surface area contributed by atoms with Crippen LogP contribution in [0.2, 0.25) is 0 Å². The van der Waals surface area contributed by atoms with Gasteiger partial charge in [0.1, 0.15) is 0 Å². The summed E-state index contributed by atoms with van der Waals surface area (Å²) >= 11 is 0. The molecular formula is C14H26N4O. The molecule has 1 heterocycles. The van der Waals surface area contributed by atoms with E-state index in [1.165, 1.54) is 0 Å². The van der Waals surface area contributed by atoms with Crippen LogP contribution in [-0.2, 0) is 4.79 Å². The first-order chi connectivity index (χ1) is 8.86. The van der Waals surface area contributed by atoms with E-state index in [1.807, 2.05) is 18.5 Å². The van der Waals surface area contributed by atoms with Crippen molar-refractivity contribution < 1.29 is 4.79 Å². The van der Waals surface area contributed by atoms with E-state index in [4.69, 9.17) is 5.73 Å². The van der Waals surface area contributed by atoms with Gasteiger partial charge in [0, 0.05) is 12.5 Å². The van der Waals surface area contributed by atoms with Gasteiger partial charge in [-0.1, -0.05) is 6.92 Å². The molecule has 1 atom stereocenters. The number of hydrogen-bond acceptors (Lipinski definition) is 3. The predicted octanol–water partition coefficient (Wildman–Crippen LogP) is 2.39. The second-order valence-corrected chi connectivity index (χ2v) is 5.51. The van der Waals surface area contributed by atoms with Gasteiger partial charge in [0.2, 0.25) is 5.91 Å². The molecule has 3 N–H and O–H groups in total. The van der Waals surface area contributed by atoms with Crippen molar-refractivity contribution in [2.75, 3.05) is 11.9 Å². The standard InChI is InChI=1S/C14H26N4O/c1-9(2)18-12(5)14(11(4)17-18)16-13(19)7-6-10(3)8-15/h9-10H,6-8,15H2,1-5H3,(H,16,19). The number of carbonyl (C=O) groups is 1. The molecule has 1 unspecified atom stereocenters. The Morgan fingerprint density at radius 2 is 2.00 bits per heavy atom. The molecule has 1 amide bonds. The molecule has 0 saturated carbocycles. The average molecular weight is 266 g/mol. The zero-order chi connectivity index (χ0) is 14.6. The van der Waals surface area contributed by atoms with Crippen molar-refractivity contribution in [3.8, 4) is 0 Å². The highest BCUT2D eigenvalue weighted by Crippen LogP contribution is 2.22. The lowest BCUT2D eigenvalue weighted by Gasteiger charge is -2.10. The zero-order valence-corrected chi connectivity index (χ0v) is 12.7. The maximum atomic E-state index is 11.9. The summed E-state index contributed by atoms with van der Waals surface area (Å²) in [5.41, 5.74) is 8.27. The number of amides is 1. The van der Waals surface area contributed by atoms with Crippen molar-refractivity contribution in [1.29, 1.82) is 0 Å². The van der Waals surface area contributed by atoms with Crippen LogP contribution in [0.4, 0.5) is 5.69 Å². The minimum absolute atomic E-state index is 0.0369. The Labute approximate surface area is 115 Å². The summed E-state index contributed by atoms with van der Waals surface area (Å²) in [7, 11) is 0. The predicted molar refractivity (Wildman–Crippen MR) is 78.2 cm³/mol. The van der Waals surface area contributed by atoms with Gasteiger partial charge in [-0.25, -0.2) is 0 Å². The third-order valence-corrected chi connectivity index (χ3v) is 3.35. The second-order valence-electron chi connectivity index (χ2n) is 5.51. The third-order valence-electron chi connectivity index (χ3n) is 3.35. The molecule has 0 spiro atoms. The Kier molecular flexibility index (Phi) is 5.54. The molecule has 0 aromatic carbocycles. The number of aromatic nitrogens is 2. The van der Waals surface area contributed by atoms with Crippen LogP contribution in [0.3, 0.4) is 0 Å². The Morgan fingerprint density at radius 3 is 2.47 bits per heavy atom. The molecule has 0 aliphatic heterocycles. The summed E-state index contributed by atoms with van der Waals surface area (Å²) in [4.78, 5) is 11.9. The molecule has 1 rings (SSSR count). The lowest BCUT2D eigenvalue weighted by molar-refractivity contribution is -0.116. The quantitative estimate of drug-likeness (QED) is 0.830. The molecule has 19 heavy (non-hydrogen) atoms. The Hall–Kier alpha value is -1.36. The minimum atomic E-state index is 0.0369. The van der Waals surface area contributed by atoms with Crippen molar-refractivity contribution >= 4 is 11.6 Å². The first-order valence-electron chi connectivity index (χ1n) is 6.92. The fourth-order valence-corrected chi connectivity index (χ4v) is 2.04. The molecule has 5 nitrogen and oxygen atoms in total. The number of aryl methyl sites for hydroxylation is 1. The van der Waals surface area contributed by atoms with E-state index in [2.05, 4.69) is 31.2 Å². The van der Waals surface area contributed by atoms with E-state index in [-0.39, 0.29) is 5.91 Å². The number of rotatable bonds is 6. The average Bonchev–Trinajstić information content (AvgIpc) is 2.64. The van der Waals surface area contributed by atoms with E-state index in [0.717, 1.165) is 23.5 Å². The number of nitrogens with one attached hydrogen (secondary N) is 1. The van der Waals surface area contributed by atoms with E-state index in [9.17, 15) is 4.79 Å². The van der Waals surface area contributed by atoms with E-state index in [0.29, 0.717) is 24.9 Å². The summed E-state index contributed by atoms with van der Waals surface area (Å²) in [5.74, 6) is 0.418. The van der Waals surface area contributed by atoms with Gasteiger partial charge in [-0.2, -0.15) is 5.10 Å². The van der Waals surface area contributed by atoms with Crippen molar-refractivity contribution in [2.24, 2.45) is 11.7 Å². The van der Waals surface area contributed by atoms with E-state index in [1.54, 1.807) is 0 Å². The summed E-state index contributed by atoms with van der Waals surface area (Å²) in [6.07, 6.45) is 1.32. The summed E-state index contributed by atoms with van der Waals surface area (Å²) in [5, 5.41) is 7.43. The van der Waals surface area contributed by atoms with Gasteiger partial charge in [0.25, 0.3) is 0 Å². The first-order valence-corrected chi connectivity index (χ1v) is 6.92. The summed E-state index contributed by atoms with van der Waals surface area (Å²) < 4.78 is 1.94. The fourth-order valence-electron chi connectivity index (χ4n) is 2.04. The fraction of sp³-hybridized carbons (Fsp3) is 0.714. The minimum Gasteiger partial charge on any atom is -0.330 e. The van der Waals surface area contributed by atoms with Gasteiger partial charge in [-0.15, -0.1) is 0 Å². The van der Waals surface area contributed by atoms with Gasteiger partial charge in [0.05, 0.1) is 17.1 Å². The molecule has 0 fully saturated rings. The van der Waals surface area contributed by atoms with E-state index < -0.39 is 0 Å². The Morgan fingerprint density at radius 1 is 1.37 bits per heavy atom. The molecule has 1 aromatic rings. The third kappa shape index (κ3) is 4.06. The lowest BCUT2D eigenvalue weighted by atomic mass is 10.1. The molecule has 1 aromatic heterocycles. The number of anilines is 1. The van der Waals surface area contributed by atoms with Crippen molar-refractivity contribution in [3.63, 3.8) is 0 Å². The van der Waals surface area contributed by atoms with Crippen molar-refractivity contribution in [3.05, 3.63) is 11.4 Å². The maximum absolute atomic E-state index is 11.9. The van der Waals surface area contributed by atoms with Crippen LogP contribution in [0.5, 0.6) is 0 Å². The monoisotopic (exact) mass is 266 g/mol. The molecule has 0 bridgehead atoms. The Balaban J connectivity index is 2.69. The smallest absolute Gasteiger partial charge is 0.224 e. The largest absolute Gasteiger partial charge is 0.330 e. The number of nitrogens with two attached hydrogens (primary N) is 1. The first kappa shape index (κ1) is 15.7. The maximum Gasteiger partial charge on any atom is 0.224 e. The highest BCUT2D eigenvalue weighted by molar-refractivity contribution is 5.91. The molecule has 108 valence electrons. The normalized spacial score (nSPS) is 12.8. The van der Waals surface area contributed by atoms with Crippen LogP contribution in [0.25, 0.3) is 0 Å². The van der Waals surface area contributed by atoms with Gasteiger partial charge in [0.15, 0.2) is 0 Å². The van der Waals surface area contributed by atoms with Crippen LogP contribution in [0.15, 0.2) is 0 Å². The molecule has 0 saturated heterocycles. The molecule has 0 radical (unpaired) electrons. The van der Waals surface area contributed by atoms with E-state index >= 15 is 0 Å². The van der Waals surface area contributed by atoms with Crippen LogP contribution in [0.1, 0.15) is 51.0 Å². The van der Waals surface area contributed by atoms with Gasteiger partial charge >= 0.3 is 0 Å². The second kappa shape index (κ2) is 6.70. The lowest BCUT2D eigenvalue weighted by Crippen LogP contribution is -2.17. The van der Waals surface area contributed by atoms with Gasteiger partial charge in [-0.3, -0.25) is 9.48 Å². The van der Waals surface area contributed by atoms with Crippen LogP contribution in [0, 0.1) is 19.8 Å². The number of nitrogens with zero attached hydrogens (tertiary/aromatic N) is 2. The van der Waals surface area contributed by atoms with Crippen LogP contribution >= 0.6 is 0 Å². The molecular weight excluding hydrogens is 240 g/mol. The molecule has 0 aliphatic rings. The molecule has 0 aliphatic carbocycles. The van der Waals surface area contributed by atoms with Gasteiger partial charge < -0.3 is 11.1 Å².